The molecule has 3 N–H and O–H groups in total. The smallest absolute Gasteiger partial charge is 0.118 e. The number of hydrogen-bond acceptors (Lipinski definition) is 3. The predicted molar refractivity (Wildman–Crippen MR) is 65.9 cm³/mol. The van der Waals surface area contributed by atoms with E-state index < -0.39 is 6.10 Å². The van der Waals surface area contributed by atoms with Gasteiger partial charge in [-0.3, -0.25) is 4.39 Å². The van der Waals surface area contributed by atoms with Crippen molar-refractivity contribution in [1.29, 1.82) is 0 Å². The third-order valence-corrected chi connectivity index (χ3v) is 2.83. The van der Waals surface area contributed by atoms with E-state index >= 15 is 0 Å². The van der Waals surface area contributed by atoms with Crippen LogP contribution in [0.25, 0.3) is 0 Å². The Hall–Kier alpha value is -1.13. The van der Waals surface area contributed by atoms with Crippen molar-refractivity contribution in [3.05, 3.63) is 29.3 Å². The number of hydrogen-bond donors (Lipinski definition) is 3. The average molecular weight is 241 g/mol. The molecule has 0 aromatic heterocycles. The first kappa shape index (κ1) is 13.9. The Kier molecular flexibility index (Phi) is 5.38. The monoisotopic (exact) mass is 241 g/mol. The molecule has 0 saturated heterocycles. The quantitative estimate of drug-likeness (QED) is 0.668. The molecule has 0 amide bonds. The number of aliphatic hydroxyl groups excluding tert-OH is 1. The number of phenols is 1. The van der Waals surface area contributed by atoms with Gasteiger partial charge in [0, 0.05) is 6.04 Å². The first-order valence-corrected chi connectivity index (χ1v) is 5.83. The van der Waals surface area contributed by atoms with Crippen LogP contribution in [-0.2, 0) is 0 Å². The fourth-order valence-electron chi connectivity index (χ4n) is 1.61. The highest BCUT2D eigenvalue weighted by Gasteiger charge is 2.16. The Morgan fingerprint density at radius 3 is 2.71 bits per heavy atom. The predicted octanol–water partition coefficient (Wildman–Crippen LogP) is 2.07. The van der Waals surface area contributed by atoms with Crippen LogP contribution in [0.1, 0.15) is 30.6 Å². The second-order valence-corrected chi connectivity index (χ2v) is 4.28. The number of nitrogens with one attached hydrogen (secondary N) is 1. The summed E-state index contributed by atoms with van der Waals surface area (Å²) in [5.41, 5.74) is 1.44. The number of benzene rings is 1. The van der Waals surface area contributed by atoms with Gasteiger partial charge < -0.3 is 15.5 Å². The summed E-state index contributed by atoms with van der Waals surface area (Å²) in [7, 11) is 0. The van der Waals surface area contributed by atoms with Gasteiger partial charge in [0.05, 0.1) is 12.8 Å². The number of phenolic OH excluding ortho intramolecular Hbond substituents is 1. The third-order valence-electron chi connectivity index (χ3n) is 2.83. The van der Waals surface area contributed by atoms with Crippen LogP contribution in [-0.4, -0.2) is 29.5 Å². The highest BCUT2D eigenvalue weighted by atomic mass is 19.1. The summed E-state index contributed by atoms with van der Waals surface area (Å²) >= 11 is 0. The highest BCUT2D eigenvalue weighted by molar-refractivity contribution is 5.36. The molecule has 2 atom stereocenters. The zero-order chi connectivity index (χ0) is 12.8. The molecule has 0 bridgehead atoms. The lowest BCUT2D eigenvalue weighted by atomic mass is 10.0. The van der Waals surface area contributed by atoms with Gasteiger partial charge in [0.2, 0.25) is 0 Å². The van der Waals surface area contributed by atoms with E-state index in [0.29, 0.717) is 18.5 Å². The Balaban J connectivity index is 2.61. The molecule has 96 valence electrons. The molecule has 0 heterocycles. The molecule has 1 aromatic rings. The number of aliphatic hydroxyl groups is 1. The van der Waals surface area contributed by atoms with E-state index in [4.69, 9.17) is 0 Å². The van der Waals surface area contributed by atoms with E-state index in [9.17, 15) is 14.6 Å². The van der Waals surface area contributed by atoms with E-state index in [1.165, 1.54) is 0 Å². The molecule has 0 spiro atoms. The molecular weight excluding hydrogens is 221 g/mol. The zero-order valence-electron chi connectivity index (χ0n) is 10.3. The highest BCUT2D eigenvalue weighted by Crippen LogP contribution is 2.23. The van der Waals surface area contributed by atoms with Crippen molar-refractivity contribution in [2.75, 3.05) is 13.2 Å². The number of alkyl halides is 1. The van der Waals surface area contributed by atoms with Crippen molar-refractivity contribution < 1.29 is 14.6 Å². The van der Waals surface area contributed by atoms with E-state index in [1.54, 1.807) is 25.1 Å². The maximum Gasteiger partial charge on any atom is 0.118 e. The summed E-state index contributed by atoms with van der Waals surface area (Å²) in [6.07, 6.45) is -0.267. The first-order chi connectivity index (χ1) is 8.06. The lowest BCUT2D eigenvalue weighted by Gasteiger charge is -2.20. The average Bonchev–Trinajstić information content (AvgIpc) is 2.32. The molecule has 0 aliphatic rings. The minimum Gasteiger partial charge on any atom is -0.508 e. The molecule has 0 radical (unpaired) electrons. The van der Waals surface area contributed by atoms with Gasteiger partial charge in [0.1, 0.15) is 5.75 Å². The number of aryl methyl sites for hydroxylation is 1. The molecule has 0 aliphatic heterocycles. The topological polar surface area (TPSA) is 52.5 Å². The van der Waals surface area contributed by atoms with Crippen molar-refractivity contribution in [1.82, 2.24) is 5.32 Å². The number of aromatic hydroxyl groups is 1. The maximum absolute atomic E-state index is 11.9. The SMILES string of the molecule is Cc1ccc(C(O)C(C)NCCCF)cc1O. The van der Waals surface area contributed by atoms with Crippen LogP contribution in [0, 0.1) is 6.92 Å². The van der Waals surface area contributed by atoms with Crippen LogP contribution in [0.15, 0.2) is 18.2 Å². The fraction of sp³-hybridized carbons (Fsp3) is 0.538. The van der Waals surface area contributed by atoms with Gasteiger partial charge in [-0.05, 0) is 44.0 Å². The number of halogens is 1. The Labute approximate surface area is 101 Å². The van der Waals surface area contributed by atoms with Crippen LogP contribution in [0.4, 0.5) is 4.39 Å². The standard InChI is InChI=1S/C13H20FNO2/c1-9-4-5-11(8-12(9)16)13(17)10(2)15-7-3-6-14/h4-5,8,10,13,15-17H,3,6-7H2,1-2H3. The lowest BCUT2D eigenvalue weighted by molar-refractivity contribution is 0.135. The first-order valence-electron chi connectivity index (χ1n) is 5.83. The van der Waals surface area contributed by atoms with Crippen molar-refractivity contribution in [2.24, 2.45) is 0 Å². The van der Waals surface area contributed by atoms with Gasteiger partial charge in [-0.15, -0.1) is 0 Å². The fourth-order valence-corrected chi connectivity index (χ4v) is 1.61. The summed E-state index contributed by atoms with van der Waals surface area (Å²) in [4.78, 5) is 0. The second-order valence-electron chi connectivity index (χ2n) is 4.28. The lowest BCUT2D eigenvalue weighted by Crippen LogP contribution is -2.33. The molecule has 4 heteroatoms. The number of rotatable bonds is 6. The Morgan fingerprint density at radius 2 is 2.12 bits per heavy atom. The van der Waals surface area contributed by atoms with Gasteiger partial charge in [-0.1, -0.05) is 12.1 Å². The van der Waals surface area contributed by atoms with E-state index in [2.05, 4.69) is 5.32 Å². The second kappa shape index (κ2) is 6.57. The van der Waals surface area contributed by atoms with Crippen molar-refractivity contribution in [3.8, 4) is 5.75 Å². The normalized spacial score (nSPS) is 14.6. The van der Waals surface area contributed by atoms with Gasteiger partial charge in [-0.25, -0.2) is 0 Å². The van der Waals surface area contributed by atoms with E-state index in [0.717, 1.165) is 5.56 Å². The van der Waals surface area contributed by atoms with Crippen LogP contribution < -0.4 is 5.32 Å². The van der Waals surface area contributed by atoms with E-state index in [-0.39, 0.29) is 18.5 Å². The summed E-state index contributed by atoms with van der Waals surface area (Å²) in [6.45, 7) is 3.81. The third kappa shape index (κ3) is 3.98. The Morgan fingerprint density at radius 1 is 1.41 bits per heavy atom. The molecule has 1 rings (SSSR count). The van der Waals surface area contributed by atoms with Crippen LogP contribution in [0.3, 0.4) is 0 Å². The minimum atomic E-state index is -0.707. The molecule has 1 aromatic carbocycles. The molecule has 0 fully saturated rings. The largest absolute Gasteiger partial charge is 0.508 e. The molecule has 17 heavy (non-hydrogen) atoms. The van der Waals surface area contributed by atoms with Gasteiger partial charge in [-0.2, -0.15) is 0 Å². The molecule has 3 nitrogen and oxygen atoms in total. The van der Waals surface area contributed by atoms with Gasteiger partial charge in [0.25, 0.3) is 0 Å². The van der Waals surface area contributed by atoms with Crippen LogP contribution in [0.5, 0.6) is 5.75 Å². The van der Waals surface area contributed by atoms with Gasteiger partial charge in [0.15, 0.2) is 0 Å². The molecule has 0 saturated carbocycles. The molecule has 2 unspecified atom stereocenters. The van der Waals surface area contributed by atoms with Crippen molar-refractivity contribution in [3.63, 3.8) is 0 Å². The summed E-state index contributed by atoms with van der Waals surface area (Å²) in [6, 6.07) is 4.94. The molecule has 0 aliphatic carbocycles. The zero-order valence-corrected chi connectivity index (χ0v) is 10.3. The maximum atomic E-state index is 11.9. The van der Waals surface area contributed by atoms with Crippen LogP contribution in [0.2, 0.25) is 0 Å². The molecular formula is C13H20FNO2. The summed E-state index contributed by atoms with van der Waals surface area (Å²) in [5.74, 6) is 0.178. The summed E-state index contributed by atoms with van der Waals surface area (Å²) < 4.78 is 11.9. The van der Waals surface area contributed by atoms with Gasteiger partial charge >= 0.3 is 0 Å². The van der Waals surface area contributed by atoms with E-state index in [1.807, 2.05) is 6.92 Å². The van der Waals surface area contributed by atoms with Crippen LogP contribution >= 0.6 is 0 Å². The minimum absolute atomic E-state index is 0.177. The van der Waals surface area contributed by atoms with Crippen molar-refractivity contribution >= 4 is 0 Å². The van der Waals surface area contributed by atoms with Crippen molar-refractivity contribution in [2.45, 2.75) is 32.4 Å². The Bertz CT molecular complexity index is 357. The summed E-state index contributed by atoms with van der Waals surface area (Å²) in [5, 5.41) is 22.6.